The first-order chi connectivity index (χ1) is 11.6. The molecule has 0 atom stereocenters. The monoisotopic (exact) mass is 326 g/mol. The van der Waals surface area contributed by atoms with Gasteiger partial charge < -0.3 is 15.0 Å². The highest BCUT2D eigenvalue weighted by atomic mass is 16.5. The molecular formula is C18H22N4O2. The molecule has 0 spiro atoms. The first-order valence-electron chi connectivity index (χ1n) is 8.27. The molecule has 2 heterocycles. The predicted molar refractivity (Wildman–Crippen MR) is 93.6 cm³/mol. The Kier molecular flexibility index (Phi) is 4.93. The maximum absolute atomic E-state index is 12.4. The summed E-state index contributed by atoms with van der Waals surface area (Å²) in [6.07, 6.45) is 3.89. The van der Waals surface area contributed by atoms with Gasteiger partial charge in [0.1, 0.15) is 23.6 Å². The van der Waals surface area contributed by atoms with Crippen molar-refractivity contribution in [3.8, 4) is 5.75 Å². The van der Waals surface area contributed by atoms with Gasteiger partial charge in [0.05, 0.1) is 6.10 Å². The summed E-state index contributed by atoms with van der Waals surface area (Å²) in [6.45, 7) is 5.91. The Morgan fingerprint density at radius 1 is 1.17 bits per heavy atom. The van der Waals surface area contributed by atoms with E-state index in [1.54, 1.807) is 6.07 Å². The molecule has 1 fully saturated rings. The molecule has 1 N–H and O–H groups in total. The fourth-order valence-corrected chi connectivity index (χ4v) is 2.67. The van der Waals surface area contributed by atoms with Gasteiger partial charge in [-0.1, -0.05) is 0 Å². The molecule has 1 aliphatic rings. The van der Waals surface area contributed by atoms with Gasteiger partial charge in [0, 0.05) is 24.8 Å². The molecule has 1 aromatic heterocycles. The minimum absolute atomic E-state index is 0.121. The molecule has 1 aliphatic heterocycles. The van der Waals surface area contributed by atoms with Crippen LogP contribution >= 0.6 is 0 Å². The van der Waals surface area contributed by atoms with E-state index in [2.05, 4.69) is 20.2 Å². The Bertz CT molecular complexity index is 694. The fourth-order valence-electron chi connectivity index (χ4n) is 2.67. The second-order valence-corrected chi connectivity index (χ2v) is 6.10. The maximum atomic E-state index is 12.4. The van der Waals surface area contributed by atoms with Crippen molar-refractivity contribution in [1.82, 2.24) is 9.97 Å². The molecule has 0 unspecified atom stereocenters. The van der Waals surface area contributed by atoms with Gasteiger partial charge in [-0.3, -0.25) is 4.79 Å². The second-order valence-electron chi connectivity index (χ2n) is 6.10. The van der Waals surface area contributed by atoms with Gasteiger partial charge in [-0.2, -0.15) is 0 Å². The van der Waals surface area contributed by atoms with Gasteiger partial charge in [-0.05, 0) is 51.0 Å². The molecule has 0 bridgehead atoms. The Labute approximate surface area is 141 Å². The number of benzene rings is 1. The molecule has 3 rings (SSSR count). The number of hydrogen-bond donors (Lipinski definition) is 1. The molecule has 24 heavy (non-hydrogen) atoms. The van der Waals surface area contributed by atoms with Crippen molar-refractivity contribution in [3.05, 3.63) is 42.4 Å². The third-order valence-corrected chi connectivity index (χ3v) is 3.80. The molecule has 2 aromatic rings. The van der Waals surface area contributed by atoms with Gasteiger partial charge >= 0.3 is 0 Å². The average molecular weight is 326 g/mol. The van der Waals surface area contributed by atoms with Crippen LogP contribution in [-0.4, -0.2) is 35.1 Å². The maximum Gasteiger partial charge on any atom is 0.274 e. The molecule has 0 saturated carbocycles. The molecule has 0 radical (unpaired) electrons. The molecule has 6 heteroatoms. The van der Waals surface area contributed by atoms with Crippen molar-refractivity contribution in [2.45, 2.75) is 32.8 Å². The summed E-state index contributed by atoms with van der Waals surface area (Å²) in [5, 5.41) is 2.85. The summed E-state index contributed by atoms with van der Waals surface area (Å²) in [7, 11) is 0. The summed E-state index contributed by atoms with van der Waals surface area (Å²) >= 11 is 0. The van der Waals surface area contributed by atoms with E-state index in [4.69, 9.17) is 4.74 Å². The summed E-state index contributed by atoms with van der Waals surface area (Å²) in [5.74, 6) is 1.35. The van der Waals surface area contributed by atoms with Crippen LogP contribution in [0.1, 0.15) is 37.2 Å². The Morgan fingerprint density at radius 2 is 1.88 bits per heavy atom. The van der Waals surface area contributed by atoms with Crippen molar-refractivity contribution >= 4 is 17.4 Å². The van der Waals surface area contributed by atoms with Crippen LogP contribution in [0.2, 0.25) is 0 Å². The lowest BCUT2D eigenvalue weighted by Crippen LogP contribution is -2.21. The first-order valence-corrected chi connectivity index (χ1v) is 8.27. The zero-order valence-electron chi connectivity index (χ0n) is 14.0. The van der Waals surface area contributed by atoms with Crippen LogP contribution in [-0.2, 0) is 0 Å². The van der Waals surface area contributed by atoms with Crippen molar-refractivity contribution in [2.75, 3.05) is 23.3 Å². The van der Waals surface area contributed by atoms with Crippen LogP contribution in [0.4, 0.5) is 11.5 Å². The highest BCUT2D eigenvalue weighted by molar-refractivity contribution is 6.03. The molecule has 1 aromatic carbocycles. The molecule has 126 valence electrons. The highest BCUT2D eigenvalue weighted by Crippen LogP contribution is 2.19. The zero-order chi connectivity index (χ0) is 16.9. The highest BCUT2D eigenvalue weighted by Gasteiger charge is 2.16. The molecule has 1 amide bonds. The molecule has 1 saturated heterocycles. The van der Waals surface area contributed by atoms with Gasteiger partial charge in [-0.15, -0.1) is 0 Å². The normalized spacial score (nSPS) is 14.0. The Balaban J connectivity index is 1.67. The first kappa shape index (κ1) is 16.2. The average Bonchev–Trinajstić information content (AvgIpc) is 3.11. The number of anilines is 2. The number of amides is 1. The second kappa shape index (κ2) is 7.29. The predicted octanol–water partition coefficient (Wildman–Crippen LogP) is 3.12. The van der Waals surface area contributed by atoms with Gasteiger partial charge in [0.15, 0.2) is 0 Å². The number of carbonyl (C=O) groups excluding carboxylic acids is 1. The van der Waals surface area contributed by atoms with Crippen molar-refractivity contribution in [1.29, 1.82) is 0 Å². The van der Waals surface area contributed by atoms with Crippen LogP contribution in [0.3, 0.4) is 0 Å². The van der Waals surface area contributed by atoms with Crippen molar-refractivity contribution in [2.24, 2.45) is 0 Å². The summed E-state index contributed by atoms with van der Waals surface area (Å²) in [5.41, 5.74) is 1.08. The summed E-state index contributed by atoms with van der Waals surface area (Å²) in [4.78, 5) is 22.9. The minimum atomic E-state index is -0.240. The van der Waals surface area contributed by atoms with E-state index >= 15 is 0 Å². The van der Waals surface area contributed by atoms with Crippen molar-refractivity contribution in [3.63, 3.8) is 0 Å². The number of nitrogens with zero attached hydrogens (tertiary/aromatic N) is 3. The van der Waals surface area contributed by atoms with E-state index in [-0.39, 0.29) is 12.0 Å². The lowest BCUT2D eigenvalue weighted by atomic mass is 10.2. The van der Waals surface area contributed by atoms with E-state index in [1.807, 2.05) is 38.1 Å². The van der Waals surface area contributed by atoms with E-state index in [0.717, 1.165) is 37.5 Å². The topological polar surface area (TPSA) is 67.3 Å². The fraction of sp³-hybridized carbons (Fsp3) is 0.389. The number of carbonyl (C=O) groups is 1. The quantitative estimate of drug-likeness (QED) is 0.914. The number of ether oxygens (including phenoxy) is 1. The Morgan fingerprint density at radius 3 is 2.54 bits per heavy atom. The minimum Gasteiger partial charge on any atom is -0.491 e. The van der Waals surface area contributed by atoms with Gasteiger partial charge in [-0.25, -0.2) is 9.97 Å². The lowest BCUT2D eigenvalue weighted by molar-refractivity contribution is 0.102. The third kappa shape index (κ3) is 4.01. The molecule has 0 aliphatic carbocycles. The van der Waals surface area contributed by atoms with E-state index < -0.39 is 0 Å². The lowest BCUT2D eigenvalue weighted by Gasteiger charge is -2.16. The smallest absolute Gasteiger partial charge is 0.274 e. The standard InChI is InChI=1S/C18H22N4O2/c1-13(2)24-15-7-5-14(6-8-15)21-18(23)16-11-17(20-12-19-16)22-9-3-4-10-22/h5-8,11-13H,3-4,9-10H2,1-2H3,(H,21,23). The Hall–Kier alpha value is -2.63. The largest absolute Gasteiger partial charge is 0.491 e. The number of aromatic nitrogens is 2. The van der Waals surface area contributed by atoms with Crippen LogP contribution < -0.4 is 15.0 Å². The van der Waals surface area contributed by atoms with E-state index in [0.29, 0.717) is 11.4 Å². The van der Waals surface area contributed by atoms with Crippen LogP contribution in [0.15, 0.2) is 36.7 Å². The summed E-state index contributed by atoms with van der Waals surface area (Å²) in [6, 6.07) is 9.06. The van der Waals surface area contributed by atoms with Gasteiger partial charge in [0.2, 0.25) is 0 Å². The number of nitrogens with one attached hydrogen (secondary N) is 1. The SMILES string of the molecule is CC(C)Oc1ccc(NC(=O)c2cc(N3CCCC3)ncn2)cc1. The van der Waals surface area contributed by atoms with E-state index in [9.17, 15) is 4.79 Å². The number of rotatable bonds is 5. The zero-order valence-corrected chi connectivity index (χ0v) is 14.0. The van der Waals surface area contributed by atoms with Crippen LogP contribution in [0.25, 0.3) is 0 Å². The van der Waals surface area contributed by atoms with E-state index in [1.165, 1.54) is 6.33 Å². The van der Waals surface area contributed by atoms with Gasteiger partial charge in [0.25, 0.3) is 5.91 Å². The van der Waals surface area contributed by atoms with Crippen LogP contribution in [0, 0.1) is 0 Å². The van der Waals surface area contributed by atoms with Crippen molar-refractivity contribution < 1.29 is 9.53 Å². The summed E-state index contributed by atoms with van der Waals surface area (Å²) < 4.78 is 5.59. The molecular weight excluding hydrogens is 304 g/mol. The molecule has 6 nitrogen and oxygen atoms in total. The van der Waals surface area contributed by atoms with Crippen LogP contribution in [0.5, 0.6) is 5.75 Å². The third-order valence-electron chi connectivity index (χ3n) is 3.80. The number of hydrogen-bond acceptors (Lipinski definition) is 5.